The zero-order valence-electron chi connectivity index (χ0n) is 12.7. The van der Waals surface area contributed by atoms with Crippen molar-refractivity contribution in [3.05, 3.63) is 59.2 Å². The van der Waals surface area contributed by atoms with Gasteiger partial charge in [0.25, 0.3) is 0 Å². The fourth-order valence-corrected chi connectivity index (χ4v) is 3.44. The third-order valence-corrected chi connectivity index (χ3v) is 4.82. The van der Waals surface area contributed by atoms with Crippen molar-refractivity contribution in [2.24, 2.45) is 0 Å². The summed E-state index contributed by atoms with van der Waals surface area (Å²) in [7, 11) is -3.75. The lowest BCUT2D eigenvalue weighted by Crippen LogP contribution is -2.24. The van der Waals surface area contributed by atoms with Gasteiger partial charge >= 0.3 is 6.61 Å². The van der Waals surface area contributed by atoms with E-state index in [9.17, 15) is 17.2 Å². The quantitative estimate of drug-likeness (QED) is 0.876. The summed E-state index contributed by atoms with van der Waals surface area (Å²) in [6, 6.07) is 11.2. The first-order chi connectivity index (χ1) is 10.8. The van der Waals surface area contributed by atoms with Gasteiger partial charge in [-0.15, -0.1) is 0 Å². The lowest BCUT2D eigenvalue weighted by atomic mass is 10.2. The third-order valence-electron chi connectivity index (χ3n) is 3.27. The van der Waals surface area contributed by atoms with Crippen LogP contribution in [-0.2, 0) is 16.6 Å². The first kappa shape index (κ1) is 17.4. The van der Waals surface area contributed by atoms with Gasteiger partial charge in [0.15, 0.2) is 0 Å². The molecule has 0 unspecified atom stereocenters. The van der Waals surface area contributed by atoms with Gasteiger partial charge in [0.2, 0.25) is 10.0 Å². The van der Waals surface area contributed by atoms with Crippen LogP contribution in [0, 0.1) is 13.8 Å². The first-order valence-electron chi connectivity index (χ1n) is 6.89. The van der Waals surface area contributed by atoms with Crippen molar-refractivity contribution < 1.29 is 21.9 Å². The van der Waals surface area contributed by atoms with E-state index in [2.05, 4.69) is 9.46 Å². The second-order valence-electron chi connectivity index (χ2n) is 5.08. The summed E-state index contributed by atoms with van der Waals surface area (Å²) in [5, 5.41) is 0. The molecule has 2 aromatic rings. The fraction of sp³-hybridized carbons (Fsp3) is 0.250. The Morgan fingerprint density at radius 2 is 1.83 bits per heavy atom. The smallest absolute Gasteiger partial charge is 0.387 e. The van der Waals surface area contributed by atoms with Crippen LogP contribution in [0.1, 0.15) is 16.7 Å². The Kier molecular flexibility index (Phi) is 5.33. The number of aryl methyl sites for hydroxylation is 2. The van der Waals surface area contributed by atoms with Crippen molar-refractivity contribution in [1.82, 2.24) is 4.72 Å². The summed E-state index contributed by atoms with van der Waals surface area (Å²) in [6.07, 6.45) is 0. The van der Waals surface area contributed by atoms with E-state index in [4.69, 9.17) is 0 Å². The average Bonchev–Trinajstić information content (AvgIpc) is 2.48. The van der Waals surface area contributed by atoms with E-state index >= 15 is 0 Å². The van der Waals surface area contributed by atoms with Crippen molar-refractivity contribution in [2.45, 2.75) is 31.9 Å². The van der Waals surface area contributed by atoms with Gasteiger partial charge in [-0.3, -0.25) is 0 Å². The number of para-hydroxylation sites is 1. The Morgan fingerprint density at radius 3 is 2.52 bits per heavy atom. The van der Waals surface area contributed by atoms with E-state index in [-0.39, 0.29) is 17.2 Å². The summed E-state index contributed by atoms with van der Waals surface area (Å²) in [6.45, 7) is 0.386. The van der Waals surface area contributed by atoms with Crippen LogP contribution in [0.25, 0.3) is 0 Å². The lowest BCUT2D eigenvalue weighted by Gasteiger charge is -2.13. The number of alkyl halides is 2. The Morgan fingerprint density at radius 1 is 1.13 bits per heavy atom. The van der Waals surface area contributed by atoms with Crippen molar-refractivity contribution in [3.63, 3.8) is 0 Å². The number of sulfonamides is 1. The molecule has 0 bridgehead atoms. The summed E-state index contributed by atoms with van der Waals surface area (Å²) < 4.78 is 56.4. The monoisotopic (exact) mass is 341 g/mol. The Bertz CT molecular complexity index is 792. The number of halogens is 2. The maximum absolute atomic E-state index is 12.4. The molecule has 0 aliphatic rings. The van der Waals surface area contributed by atoms with Crippen LogP contribution in [0.2, 0.25) is 0 Å². The van der Waals surface area contributed by atoms with Gasteiger partial charge in [-0.1, -0.05) is 30.3 Å². The van der Waals surface area contributed by atoms with E-state index in [1.807, 2.05) is 6.07 Å². The maximum Gasteiger partial charge on any atom is 0.387 e. The molecule has 0 aliphatic carbocycles. The van der Waals surface area contributed by atoms with Gasteiger partial charge in [0, 0.05) is 12.1 Å². The highest BCUT2D eigenvalue weighted by molar-refractivity contribution is 7.89. The molecule has 0 aliphatic heterocycles. The van der Waals surface area contributed by atoms with Crippen LogP contribution in [-0.4, -0.2) is 15.0 Å². The van der Waals surface area contributed by atoms with Gasteiger partial charge in [0.1, 0.15) is 5.75 Å². The predicted molar refractivity (Wildman–Crippen MR) is 83.0 cm³/mol. The molecule has 124 valence electrons. The fourth-order valence-electron chi connectivity index (χ4n) is 2.11. The van der Waals surface area contributed by atoms with Crippen LogP contribution < -0.4 is 9.46 Å². The number of benzene rings is 2. The number of nitrogens with one attached hydrogen (secondary N) is 1. The Labute approximate surface area is 134 Å². The summed E-state index contributed by atoms with van der Waals surface area (Å²) in [4.78, 5) is 0.171. The molecule has 2 aromatic carbocycles. The molecule has 0 saturated carbocycles. The molecular formula is C16H17F2NO3S. The molecule has 23 heavy (non-hydrogen) atoms. The highest BCUT2D eigenvalue weighted by Gasteiger charge is 2.18. The minimum atomic E-state index is -3.75. The van der Waals surface area contributed by atoms with Crippen molar-refractivity contribution in [2.75, 3.05) is 0 Å². The third kappa shape index (κ3) is 4.49. The number of hydrogen-bond acceptors (Lipinski definition) is 3. The van der Waals surface area contributed by atoms with Gasteiger partial charge in [-0.05, 0) is 37.1 Å². The van der Waals surface area contributed by atoms with Crippen LogP contribution >= 0.6 is 0 Å². The molecule has 0 heterocycles. The van der Waals surface area contributed by atoms with E-state index < -0.39 is 16.6 Å². The van der Waals surface area contributed by atoms with Crippen molar-refractivity contribution in [3.8, 4) is 5.75 Å². The highest BCUT2D eigenvalue weighted by atomic mass is 32.2. The molecule has 7 heteroatoms. The lowest BCUT2D eigenvalue weighted by molar-refractivity contribution is -0.0504. The number of rotatable bonds is 6. The maximum atomic E-state index is 12.4. The van der Waals surface area contributed by atoms with Gasteiger partial charge in [-0.25, -0.2) is 13.1 Å². The molecular weight excluding hydrogens is 324 g/mol. The van der Waals surface area contributed by atoms with Crippen LogP contribution in [0.3, 0.4) is 0 Å². The largest absolute Gasteiger partial charge is 0.434 e. The molecule has 0 aromatic heterocycles. The summed E-state index contributed by atoms with van der Waals surface area (Å²) in [5.74, 6) is -0.0498. The Balaban J connectivity index is 2.22. The van der Waals surface area contributed by atoms with Gasteiger partial charge < -0.3 is 4.74 Å². The minimum absolute atomic E-state index is 0.0498. The zero-order chi connectivity index (χ0) is 17.0. The molecule has 0 radical (unpaired) electrons. The molecule has 0 fully saturated rings. The molecule has 0 saturated heterocycles. The Hall–Kier alpha value is -1.99. The molecule has 0 amide bonds. The normalized spacial score (nSPS) is 11.7. The average molecular weight is 341 g/mol. The van der Waals surface area contributed by atoms with Crippen LogP contribution in [0.4, 0.5) is 8.78 Å². The summed E-state index contributed by atoms with van der Waals surface area (Å²) in [5.41, 5.74) is 1.76. The highest BCUT2D eigenvalue weighted by Crippen LogP contribution is 2.22. The van der Waals surface area contributed by atoms with E-state index in [1.54, 1.807) is 38.1 Å². The molecule has 0 spiro atoms. The zero-order valence-corrected chi connectivity index (χ0v) is 13.5. The predicted octanol–water partition coefficient (Wildman–Crippen LogP) is 3.38. The number of ether oxygens (including phenoxy) is 1. The SMILES string of the molecule is Cc1ccc(C)c(S(=O)(=O)NCc2ccccc2OC(F)F)c1. The molecule has 1 N–H and O–H groups in total. The second kappa shape index (κ2) is 7.06. The topological polar surface area (TPSA) is 55.4 Å². The second-order valence-corrected chi connectivity index (χ2v) is 6.82. The van der Waals surface area contributed by atoms with Gasteiger partial charge in [0.05, 0.1) is 4.90 Å². The van der Waals surface area contributed by atoms with E-state index in [0.29, 0.717) is 11.1 Å². The molecule has 0 atom stereocenters. The van der Waals surface area contributed by atoms with Crippen molar-refractivity contribution >= 4 is 10.0 Å². The molecule has 2 rings (SSSR count). The van der Waals surface area contributed by atoms with Crippen molar-refractivity contribution in [1.29, 1.82) is 0 Å². The molecule has 4 nitrogen and oxygen atoms in total. The standard InChI is InChI=1S/C16H17F2NO3S/c1-11-7-8-12(2)15(9-11)23(20,21)19-10-13-5-3-4-6-14(13)22-16(17)18/h3-9,16,19H,10H2,1-2H3. The minimum Gasteiger partial charge on any atom is -0.434 e. The van der Waals surface area contributed by atoms with Gasteiger partial charge in [-0.2, -0.15) is 8.78 Å². The summed E-state index contributed by atoms with van der Waals surface area (Å²) >= 11 is 0. The first-order valence-corrected chi connectivity index (χ1v) is 8.37. The van der Waals surface area contributed by atoms with E-state index in [0.717, 1.165) is 5.56 Å². The van der Waals surface area contributed by atoms with Crippen LogP contribution in [0.5, 0.6) is 5.75 Å². The van der Waals surface area contributed by atoms with Crippen LogP contribution in [0.15, 0.2) is 47.4 Å². The van der Waals surface area contributed by atoms with E-state index in [1.165, 1.54) is 12.1 Å². The number of hydrogen-bond donors (Lipinski definition) is 1.